The zero-order valence-electron chi connectivity index (χ0n) is 11.1. The molecule has 3 nitrogen and oxygen atoms in total. The number of hydrogen-bond acceptors (Lipinski definition) is 3. The topological polar surface area (TPSA) is 46.2 Å². The highest BCUT2D eigenvalue weighted by Gasteiger charge is 2.09. The maximum Gasteiger partial charge on any atom is 0.150 e. The van der Waals surface area contributed by atoms with E-state index in [0.29, 0.717) is 18.7 Å². The van der Waals surface area contributed by atoms with Crippen LogP contribution in [-0.4, -0.2) is 26.5 Å². The number of hydrogen-bond donors (Lipinski definition) is 1. The van der Waals surface area contributed by atoms with E-state index in [0.717, 1.165) is 24.9 Å². The van der Waals surface area contributed by atoms with Crippen LogP contribution in [0.2, 0.25) is 0 Å². The first-order chi connectivity index (χ1) is 8.64. The predicted molar refractivity (Wildman–Crippen MR) is 77.7 cm³/mol. The molecule has 102 valence electrons. The Bertz CT molecular complexity index is 415. The zero-order chi connectivity index (χ0) is 13.3. The third-order valence-corrected chi connectivity index (χ3v) is 4.62. The van der Waals surface area contributed by atoms with Gasteiger partial charge in [0.2, 0.25) is 0 Å². The molecule has 0 radical (unpaired) electrons. The largest absolute Gasteiger partial charge is 0.385 e. The van der Waals surface area contributed by atoms with Crippen molar-refractivity contribution < 1.29 is 8.42 Å². The predicted octanol–water partition coefficient (Wildman–Crippen LogP) is 3.09. The second-order valence-corrected chi connectivity index (χ2v) is 6.81. The number of sulfone groups is 1. The van der Waals surface area contributed by atoms with E-state index in [2.05, 4.69) is 12.2 Å². The van der Waals surface area contributed by atoms with Gasteiger partial charge in [0.25, 0.3) is 0 Å². The van der Waals surface area contributed by atoms with E-state index in [1.165, 1.54) is 0 Å². The summed E-state index contributed by atoms with van der Waals surface area (Å²) in [5.41, 5.74) is 1.04. The van der Waals surface area contributed by atoms with Gasteiger partial charge in [-0.15, -0.1) is 0 Å². The SMILES string of the molecule is CCCCCS(=O)(=O)CCCNc1ccccc1. The van der Waals surface area contributed by atoms with Gasteiger partial charge >= 0.3 is 0 Å². The van der Waals surface area contributed by atoms with Crippen LogP contribution in [0.1, 0.15) is 32.6 Å². The molecule has 0 heterocycles. The van der Waals surface area contributed by atoms with Crippen molar-refractivity contribution in [3.63, 3.8) is 0 Å². The Morgan fingerprint density at radius 2 is 1.67 bits per heavy atom. The molecule has 0 saturated heterocycles. The summed E-state index contributed by atoms with van der Waals surface area (Å²) in [7, 11) is -2.85. The molecule has 0 atom stereocenters. The van der Waals surface area contributed by atoms with Crippen LogP contribution >= 0.6 is 0 Å². The molecule has 1 aromatic rings. The Balaban J connectivity index is 2.17. The lowest BCUT2D eigenvalue weighted by molar-refractivity contribution is 0.589. The summed E-state index contributed by atoms with van der Waals surface area (Å²) in [6.45, 7) is 2.79. The fraction of sp³-hybridized carbons (Fsp3) is 0.571. The van der Waals surface area contributed by atoms with Gasteiger partial charge in [-0.2, -0.15) is 0 Å². The third kappa shape index (κ3) is 6.64. The molecule has 0 aliphatic heterocycles. The van der Waals surface area contributed by atoms with Crippen LogP contribution in [0.25, 0.3) is 0 Å². The Labute approximate surface area is 111 Å². The number of anilines is 1. The normalized spacial score (nSPS) is 11.4. The van der Waals surface area contributed by atoms with Crippen molar-refractivity contribution in [2.24, 2.45) is 0 Å². The van der Waals surface area contributed by atoms with Crippen molar-refractivity contribution in [3.05, 3.63) is 30.3 Å². The Hall–Kier alpha value is -1.03. The van der Waals surface area contributed by atoms with E-state index in [1.807, 2.05) is 30.3 Å². The lowest BCUT2D eigenvalue weighted by Crippen LogP contribution is -2.14. The second-order valence-electron chi connectivity index (χ2n) is 4.51. The molecule has 18 heavy (non-hydrogen) atoms. The molecule has 1 N–H and O–H groups in total. The van der Waals surface area contributed by atoms with Gasteiger partial charge in [-0.25, -0.2) is 8.42 Å². The number of para-hydroxylation sites is 1. The second kappa shape index (κ2) is 8.14. The summed E-state index contributed by atoms with van der Waals surface area (Å²) in [6.07, 6.45) is 3.53. The van der Waals surface area contributed by atoms with E-state index in [9.17, 15) is 8.42 Å². The van der Waals surface area contributed by atoms with Crippen LogP contribution in [0.3, 0.4) is 0 Å². The molecule has 0 spiro atoms. The fourth-order valence-electron chi connectivity index (χ4n) is 1.75. The zero-order valence-corrected chi connectivity index (χ0v) is 11.9. The van der Waals surface area contributed by atoms with Crippen LogP contribution in [-0.2, 0) is 9.84 Å². The first-order valence-corrected chi connectivity index (χ1v) is 8.45. The van der Waals surface area contributed by atoms with Gasteiger partial charge in [-0.05, 0) is 25.0 Å². The molecule has 4 heteroatoms. The number of unbranched alkanes of at least 4 members (excludes halogenated alkanes) is 2. The van der Waals surface area contributed by atoms with Crippen molar-refractivity contribution >= 4 is 15.5 Å². The molecule has 0 aliphatic rings. The maximum absolute atomic E-state index is 11.7. The quantitative estimate of drug-likeness (QED) is 0.701. The monoisotopic (exact) mass is 269 g/mol. The van der Waals surface area contributed by atoms with Crippen molar-refractivity contribution in [2.45, 2.75) is 32.6 Å². The van der Waals surface area contributed by atoms with Gasteiger partial charge in [0, 0.05) is 12.2 Å². The van der Waals surface area contributed by atoms with Gasteiger partial charge in [0.1, 0.15) is 9.84 Å². The van der Waals surface area contributed by atoms with E-state index in [4.69, 9.17) is 0 Å². The van der Waals surface area contributed by atoms with Crippen LogP contribution in [0.15, 0.2) is 30.3 Å². The molecular weight excluding hydrogens is 246 g/mol. The smallest absolute Gasteiger partial charge is 0.150 e. The minimum Gasteiger partial charge on any atom is -0.385 e. The highest BCUT2D eigenvalue weighted by Crippen LogP contribution is 2.06. The third-order valence-electron chi connectivity index (χ3n) is 2.79. The van der Waals surface area contributed by atoms with Crippen molar-refractivity contribution in [3.8, 4) is 0 Å². The standard InChI is InChI=1S/C14H23NO2S/c1-2-3-7-12-18(16,17)13-8-11-15-14-9-5-4-6-10-14/h4-6,9-10,15H,2-3,7-8,11-13H2,1H3. The molecule has 0 amide bonds. The van der Waals surface area contributed by atoms with Crippen molar-refractivity contribution in [1.82, 2.24) is 0 Å². The summed E-state index contributed by atoms with van der Waals surface area (Å²) >= 11 is 0. The summed E-state index contributed by atoms with van der Waals surface area (Å²) < 4.78 is 23.4. The molecule has 1 rings (SSSR count). The summed E-state index contributed by atoms with van der Waals surface area (Å²) in [5.74, 6) is 0.628. The highest BCUT2D eigenvalue weighted by atomic mass is 32.2. The van der Waals surface area contributed by atoms with E-state index in [-0.39, 0.29) is 5.75 Å². The van der Waals surface area contributed by atoms with Crippen molar-refractivity contribution in [2.75, 3.05) is 23.4 Å². The molecule has 0 fully saturated rings. The number of nitrogens with one attached hydrogen (secondary N) is 1. The number of benzene rings is 1. The molecule has 0 bridgehead atoms. The van der Waals surface area contributed by atoms with Gasteiger partial charge in [-0.1, -0.05) is 38.0 Å². The van der Waals surface area contributed by atoms with Crippen LogP contribution < -0.4 is 5.32 Å². The lowest BCUT2D eigenvalue weighted by Gasteiger charge is -2.06. The van der Waals surface area contributed by atoms with Crippen LogP contribution in [0, 0.1) is 0 Å². The van der Waals surface area contributed by atoms with E-state index in [1.54, 1.807) is 0 Å². The highest BCUT2D eigenvalue weighted by molar-refractivity contribution is 7.91. The van der Waals surface area contributed by atoms with Crippen LogP contribution in [0.5, 0.6) is 0 Å². The maximum atomic E-state index is 11.7. The van der Waals surface area contributed by atoms with Gasteiger partial charge < -0.3 is 5.32 Å². The first kappa shape index (κ1) is 15.0. The van der Waals surface area contributed by atoms with Gasteiger partial charge in [0.05, 0.1) is 11.5 Å². The average molecular weight is 269 g/mol. The summed E-state index contributed by atoms with van der Waals surface area (Å²) in [4.78, 5) is 0. The van der Waals surface area contributed by atoms with Gasteiger partial charge in [0.15, 0.2) is 0 Å². The molecule has 0 aromatic heterocycles. The molecular formula is C14H23NO2S. The minimum absolute atomic E-state index is 0.288. The Morgan fingerprint density at radius 1 is 1.00 bits per heavy atom. The lowest BCUT2D eigenvalue weighted by atomic mass is 10.3. The first-order valence-electron chi connectivity index (χ1n) is 6.63. The van der Waals surface area contributed by atoms with Gasteiger partial charge in [-0.3, -0.25) is 0 Å². The average Bonchev–Trinajstić information content (AvgIpc) is 2.36. The molecule has 0 aliphatic carbocycles. The van der Waals surface area contributed by atoms with E-state index < -0.39 is 9.84 Å². The minimum atomic E-state index is -2.85. The van der Waals surface area contributed by atoms with Crippen LogP contribution in [0.4, 0.5) is 5.69 Å². The Kier molecular flexibility index (Phi) is 6.80. The summed E-state index contributed by atoms with van der Waals surface area (Å²) in [5, 5.41) is 3.22. The Morgan fingerprint density at radius 3 is 2.33 bits per heavy atom. The fourth-order valence-corrected chi connectivity index (χ4v) is 3.19. The molecule has 1 aromatic carbocycles. The molecule has 0 unspecified atom stereocenters. The molecule has 0 saturated carbocycles. The summed E-state index contributed by atoms with van der Waals surface area (Å²) in [6, 6.07) is 9.85. The van der Waals surface area contributed by atoms with Crippen molar-refractivity contribution in [1.29, 1.82) is 0 Å². The number of rotatable bonds is 9. The van der Waals surface area contributed by atoms with E-state index >= 15 is 0 Å².